The van der Waals surface area contributed by atoms with Crippen LogP contribution in [0.4, 0.5) is 4.39 Å². The number of furan rings is 1. The van der Waals surface area contributed by atoms with Gasteiger partial charge in [-0.05, 0) is 24.3 Å². The summed E-state index contributed by atoms with van der Waals surface area (Å²) < 4.78 is 29.0. The number of hydrogen-bond acceptors (Lipinski definition) is 6. The van der Waals surface area contributed by atoms with Gasteiger partial charge in [-0.15, -0.1) is 0 Å². The monoisotopic (exact) mass is 331 g/mol. The van der Waals surface area contributed by atoms with Crippen molar-refractivity contribution in [3.63, 3.8) is 0 Å². The Morgan fingerprint density at radius 3 is 2.83 bits per heavy atom. The third-order valence-electron chi connectivity index (χ3n) is 4.19. The summed E-state index contributed by atoms with van der Waals surface area (Å²) in [5, 5.41) is 7.34. The number of carbonyl (C=O) groups is 1. The Morgan fingerprint density at radius 1 is 1.25 bits per heavy atom. The van der Waals surface area contributed by atoms with Gasteiger partial charge in [0.25, 0.3) is 5.91 Å². The number of nitrogens with one attached hydrogen (secondary N) is 1. The van der Waals surface area contributed by atoms with Crippen molar-refractivity contribution < 1.29 is 22.9 Å². The lowest BCUT2D eigenvalue weighted by atomic mass is 9.89. The highest BCUT2D eigenvalue weighted by Gasteiger charge is 2.40. The molecule has 1 aromatic carbocycles. The Labute approximate surface area is 135 Å². The molecule has 4 rings (SSSR count). The predicted molar refractivity (Wildman–Crippen MR) is 79.7 cm³/mol. The molecule has 7 nitrogen and oxygen atoms in total. The quantitative estimate of drug-likeness (QED) is 0.792. The van der Waals surface area contributed by atoms with E-state index in [1.54, 1.807) is 0 Å². The molecule has 0 saturated carbocycles. The van der Waals surface area contributed by atoms with Crippen LogP contribution in [0.25, 0.3) is 11.0 Å². The number of rotatable bonds is 3. The number of amides is 1. The summed E-state index contributed by atoms with van der Waals surface area (Å²) >= 11 is 0. The summed E-state index contributed by atoms with van der Waals surface area (Å²) in [4.78, 5) is 16.7. The second-order valence-corrected chi connectivity index (χ2v) is 5.70. The van der Waals surface area contributed by atoms with Gasteiger partial charge in [-0.1, -0.05) is 5.16 Å². The zero-order valence-corrected chi connectivity index (χ0v) is 12.6. The van der Waals surface area contributed by atoms with E-state index in [-0.39, 0.29) is 11.6 Å². The first-order valence-electron chi connectivity index (χ1n) is 7.52. The molecule has 3 heterocycles. The smallest absolute Gasteiger partial charge is 0.287 e. The van der Waals surface area contributed by atoms with Crippen LogP contribution in [0.3, 0.4) is 0 Å². The molecule has 0 bridgehead atoms. The second-order valence-electron chi connectivity index (χ2n) is 5.70. The number of carbonyl (C=O) groups excluding carboxylic acids is 1. The van der Waals surface area contributed by atoms with Gasteiger partial charge in [0.05, 0.1) is 0 Å². The Bertz CT molecular complexity index is 869. The Morgan fingerprint density at radius 2 is 2.08 bits per heavy atom. The van der Waals surface area contributed by atoms with Gasteiger partial charge < -0.3 is 19.0 Å². The minimum atomic E-state index is -0.771. The van der Waals surface area contributed by atoms with Crippen molar-refractivity contribution in [2.24, 2.45) is 0 Å². The molecule has 24 heavy (non-hydrogen) atoms. The summed E-state index contributed by atoms with van der Waals surface area (Å²) in [6, 6.07) is 5.60. The number of ether oxygens (including phenoxy) is 1. The van der Waals surface area contributed by atoms with E-state index >= 15 is 0 Å². The molecule has 1 fully saturated rings. The van der Waals surface area contributed by atoms with Gasteiger partial charge in [-0.2, -0.15) is 4.98 Å². The number of halogens is 1. The molecular weight excluding hydrogens is 317 g/mol. The highest BCUT2D eigenvalue weighted by Crippen LogP contribution is 2.30. The van der Waals surface area contributed by atoms with Crippen molar-refractivity contribution in [2.45, 2.75) is 18.4 Å². The molecule has 0 aliphatic carbocycles. The molecule has 1 amide bonds. The van der Waals surface area contributed by atoms with E-state index in [1.807, 2.05) is 0 Å². The zero-order valence-electron chi connectivity index (χ0n) is 12.6. The number of nitrogens with zero attached hydrogens (tertiary/aromatic N) is 2. The first kappa shape index (κ1) is 14.8. The van der Waals surface area contributed by atoms with Crippen LogP contribution in [0.1, 0.15) is 29.2 Å². The molecule has 2 aromatic heterocycles. The molecule has 0 atom stereocenters. The fraction of sp³-hybridized carbons (Fsp3) is 0.312. The van der Waals surface area contributed by atoms with Gasteiger partial charge in [-0.3, -0.25) is 4.79 Å². The van der Waals surface area contributed by atoms with Crippen LogP contribution in [0.15, 0.2) is 39.6 Å². The molecular formula is C16H14FN3O4. The van der Waals surface area contributed by atoms with Gasteiger partial charge in [0, 0.05) is 31.4 Å². The lowest BCUT2D eigenvalue weighted by Gasteiger charge is -2.34. The van der Waals surface area contributed by atoms with E-state index in [1.165, 1.54) is 30.7 Å². The van der Waals surface area contributed by atoms with Gasteiger partial charge >= 0.3 is 0 Å². The topological polar surface area (TPSA) is 90.4 Å². The van der Waals surface area contributed by atoms with Crippen LogP contribution in [0.5, 0.6) is 0 Å². The highest BCUT2D eigenvalue weighted by molar-refractivity contribution is 5.96. The summed E-state index contributed by atoms with van der Waals surface area (Å²) in [5.74, 6) is -0.299. The standard InChI is InChI=1S/C16H14FN3O4/c17-11-1-2-12-10(7-11)8-13(24-12)14(21)19-16(3-5-22-6-4-16)15-18-9-23-20-15/h1-2,7-9H,3-6H2,(H,19,21). The maximum absolute atomic E-state index is 13.3. The summed E-state index contributed by atoms with van der Waals surface area (Å²) in [6.45, 7) is 0.945. The first-order valence-corrected chi connectivity index (χ1v) is 7.52. The van der Waals surface area contributed by atoms with Crippen molar-refractivity contribution in [3.8, 4) is 0 Å². The molecule has 1 aliphatic heterocycles. The van der Waals surface area contributed by atoms with Crippen LogP contribution >= 0.6 is 0 Å². The first-order chi connectivity index (χ1) is 11.7. The predicted octanol–water partition coefficient (Wildman–Crippen LogP) is 2.39. The summed E-state index contributed by atoms with van der Waals surface area (Å²) in [6.07, 6.45) is 2.27. The third-order valence-corrected chi connectivity index (χ3v) is 4.19. The highest BCUT2D eigenvalue weighted by atomic mass is 19.1. The maximum atomic E-state index is 13.3. The van der Waals surface area contributed by atoms with Gasteiger partial charge in [0.1, 0.15) is 16.9 Å². The van der Waals surface area contributed by atoms with Crippen LogP contribution in [-0.2, 0) is 10.3 Å². The lowest BCUT2D eigenvalue weighted by molar-refractivity contribution is 0.0299. The van der Waals surface area contributed by atoms with Crippen molar-refractivity contribution >= 4 is 16.9 Å². The normalized spacial score (nSPS) is 17.0. The van der Waals surface area contributed by atoms with Crippen molar-refractivity contribution in [1.82, 2.24) is 15.5 Å². The van der Waals surface area contributed by atoms with Crippen LogP contribution in [-0.4, -0.2) is 29.3 Å². The third kappa shape index (κ3) is 2.54. The van der Waals surface area contributed by atoms with E-state index in [4.69, 9.17) is 13.7 Å². The summed E-state index contributed by atoms with van der Waals surface area (Å²) in [5.41, 5.74) is -0.325. The molecule has 0 unspecified atom stereocenters. The molecule has 0 radical (unpaired) electrons. The average molecular weight is 331 g/mol. The second kappa shape index (κ2) is 5.72. The largest absolute Gasteiger partial charge is 0.451 e. The van der Waals surface area contributed by atoms with Gasteiger partial charge in [0.2, 0.25) is 6.39 Å². The minimum absolute atomic E-state index is 0.102. The van der Waals surface area contributed by atoms with Crippen LogP contribution in [0, 0.1) is 5.82 Å². The Hall–Kier alpha value is -2.74. The zero-order chi connectivity index (χ0) is 16.6. The molecule has 0 spiro atoms. The van der Waals surface area contributed by atoms with E-state index in [0.29, 0.717) is 42.8 Å². The Kier molecular flexibility index (Phi) is 3.53. The van der Waals surface area contributed by atoms with Crippen molar-refractivity contribution in [3.05, 3.63) is 48.1 Å². The fourth-order valence-corrected chi connectivity index (χ4v) is 2.91. The van der Waals surface area contributed by atoms with Crippen LogP contribution in [0.2, 0.25) is 0 Å². The number of hydrogen-bond donors (Lipinski definition) is 1. The van der Waals surface area contributed by atoms with E-state index in [9.17, 15) is 9.18 Å². The maximum Gasteiger partial charge on any atom is 0.287 e. The van der Waals surface area contributed by atoms with Gasteiger partial charge in [-0.25, -0.2) is 4.39 Å². The van der Waals surface area contributed by atoms with E-state index in [2.05, 4.69) is 15.5 Å². The lowest BCUT2D eigenvalue weighted by Crippen LogP contribution is -2.50. The van der Waals surface area contributed by atoms with Crippen LogP contribution < -0.4 is 5.32 Å². The van der Waals surface area contributed by atoms with Gasteiger partial charge in [0.15, 0.2) is 11.6 Å². The van der Waals surface area contributed by atoms with E-state index in [0.717, 1.165) is 0 Å². The molecule has 1 aliphatic rings. The number of fused-ring (bicyclic) bond motifs is 1. The summed E-state index contributed by atoms with van der Waals surface area (Å²) in [7, 11) is 0. The van der Waals surface area contributed by atoms with E-state index < -0.39 is 11.4 Å². The van der Waals surface area contributed by atoms with Crippen molar-refractivity contribution in [2.75, 3.05) is 13.2 Å². The average Bonchev–Trinajstić information content (AvgIpc) is 3.25. The minimum Gasteiger partial charge on any atom is -0.451 e. The fourth-order valence-electron chi connectivity index (χ4n) is 2.91. The molecule has 8 heteroatoms. The molecule has 124 valence electrons. The molecule has 1 N–H and O–H groups in total. The molecule has 3 aromatic rings. The SMILES string of the molecule is O=C(NC1(c2ncon2)CCOCC1)c1cc2cc(F)ccc2o1. The van der Waals surface area contributed by atoms with Crippen molar-refractivity contribution in [1.29, 1.82) is 0 Å². The number of aromatic nitrogens is 2. The Balaban J connectivity index is 1.65. The molecule has 1 saturated heterocycles. The number of benzene rings is 1.